The Morgan fingerprint density at radius 3 is 2.43 bits per heavy atom. The Morgan fingerprint density at radius 2 is 1.86 bits per heavy atom. The fourth-order valence-corrected chi connectivity index (χ4v) is 3.96. The lowest BCUT2D eigenvalue weighted by Crippen LogP contribution is -2.35. The largest absolute Gasteiger partial charge is 0.472 e. The molecule has 0 spiro atoms. The van der Waals surface area contributed by atoms with Gasteiger partial charge in [0.25, 0.3) is 0 Å². The van der Waals surface area contributed by atoms with Crippen molar-refractivity contribution in [3.8, 4) is 0 Å². The molecule has 0 saturated carbocycles. The number of fused-ring (bicyclic) bond motifs is 1. The summed E-state index contributed by atoms with van der Waals surface area (Å²) in [5.41, 5.74) is 2.62. The summed E-state index contributed by atoms with van der Waals surface area (Å²) in [7, 11) is 1.98. The van der Waals surface area contributed by atoms with Gasteiger partial charge in [-0.05, 0) is 18.9 Å². The summed E-state index contributed by atoms with van der Waals surface area (Å²) in [5, 5.41) is 4.28. The molecule has 2 aliphatic rings. The third-order valence-corrected chi connectivity index (χ3v) is 4.92. The molecule has 21 heavy (non-hydrogen) atoms. The van der Waals surface area contributed by atoms with Crippen molar-refractivity contribution < 1.29 is 4.42 Å². The zero-order valence-electron chi connectivity index (χ0n) is 12.5. The van der Waals surface area contributed by atoms with Gasteiger partial charge in [0.05, 0.1) is 18.7 Å². The molecule has 5 nitrogen and oxygen atoms in total. The smallest absolute Gasteiger partial charge is 0.0947 e. The molecule has 2 atom stereocenters. The van der Waals surface area contributed by atoms with E-state index >= 15 is 0 Å². The van der Waals surface area contributed by atoms with Crippen LogP contribution in [0.3, 0.4) is 0 Å². The van der Waals surface area contributed by atoms with Gasteiger partial charge in [-0.1, -0.05) is 0 Å². The summed E-state index contributed by atoms with van der Waals surface area (Å²) in [6, 6.07) is 3.49. The van der Waals surface area contributed by atoms with E-state index in [0.29, 0.717) is 12.1 Å². The van der Waals surface area contributed by atoms with Crippen LogP contribution >= 0.6 is 0 Å². The molecular formula is C16H22N4O. The summed E-state index contributed by atoms with van der Waals surface area (Å²) in [6.07, 6.45) is 10.3. The maximum Gasteiger partial charge on any atom is 0.0947 e. The molecule has 0 bridgehead atoms. The van der Waals surface area contributed by atoms with E-state index in [1.807, 2.05) is 24.2 Å². The number of nitrogens with zero attached hydrogens (tertiary/aromatic N) is 4. The van der Waals surface area contributed by atoms with Gasteiger partial charge in [0.1, 0.15) is 0 Å². The summed E-state index contributed by atoms with van der Waals surface area (Å²) in [5.74, 6) is 0. The Morgan fingerprint density at radius 1 is 1.14 bits per heavy atom. The van der Waals surface area contributed by atoms with Crippen LogP contribution in [0.1, 0.15) is 24.0 Å². The Balaban J connectivity index is 1.41. The van der Waals surface area contributed by atoms with E-state index in [1.54, 1.807) is 6.26 Å². The lowest BCUT2D eigenvalue weighted by molar-refractivity contribution is 0.212. The van der Waals surface area contributed by atoms with Gasteiger partial charge in [-0.25, -0.2) is 0 Å². The molecule has 2 saturated heterocycles. The first kappa shape index (κ1) is 13.1. The molecule has 4 rings (SSSR count). The van der Waals surface area contributed by atoms with Gasteiger partial charge in [0, 0.05) is 62.6 Å². The molecule has 2 aromatic rings. The van der Waals surface area contributed by atoms with Crippen molar-refractivity contribution in [3.05, 3.63) is 42.1 Å². The van der Waals surface area contributed by atoms with E-state index in [0.717, 1.165) is 13.1 Å². The molecule has 0 N–H and O–H groups in total. The maximum absolute atomic E-state index is 5.19. The highest BCUT2D eigenvalue weighted by Gasteiger charge is 2.42. The predicted molar refractivity (Wildman–Crippen MR) is 79.5 cm³/mol. The Hall–Kier alpha value is -1.59. The Bertz CT molecular complexity index is 591. The molecule has 0 aromatic carbocycles. The summed E-state index contributed by atoms with van der Waals surface area (Å²) >= 11 is 0. The van der Waals surface area contributed by atoms with E-state index in [1.165, 1.54) is 37.1 Å². The van der Waals surface area contributed by atoms with Crippen LogP contribution in [0.2, 0.25) is 0 Å². The molecule has 2 aliphatic heterocycles. The molecule has 5 heteroatoms. The second-order valence-electron chi connectivity index (χ2n) is 6.31. The van der Waals surface area contributed by atoms with E-state index in [-0.39, 0.29) is 0 Å². The highest BCUT2D eigenvalue weighted by atomic mass is 16.3. The van der Waals surface area contributed by atoms with Crippen molar-refractivity contribution in [2.45, 2.75) is 38.0 Å². The third-order valence-electron chi connectivity index (χ3n) is 4.92. The van der Waals surface area contributed by atoms with Crippen LogP contribution in [-0.2, 0) is 20.1 Å². The quantitative estimate of drug-likeness (QED) is 0.860. The number of furan rings is 1. The molecule has 0 aliphatic carbocycles. The first-order chi connectivity index (χ1) is 10.3. The highest BCUT2D eigenvalue weighted by Crippen LogP contribution is 2.33. The van der Waals surface area contributed by atoms with Crippen LogP contribution in [-0.4, -0.2) is 44.8 Å². The fourth-order valence-electron chi connectivity index (χ4n) is 3.96. The van der Waals surface area contributed by atoms with Gasteiger partial charge in [-0.2, -0.15) is 5.10 Å². The molecule has 0 amide bonds. The van der Waals surface area contributed by atoms with Crippen LogP contribution in [0.15, 0.2) is 35.4 Å². The molecule has 2 fully saturated rings. The van der Waals surface area contributed by atoms with E-state index in [4.69, 9.17) is 4.42 Å². The van der Waals surface area contributed by atoms with Crippen molar-refractivity contribution >= 4 is 0 Å². The number of hydrogen-bond donors (Lipinski definition) is 0. The lowest BCUT2D eigenvalue weighted by atomic mass is 10.1. The van der Waals surface area contributed by atoms with Gasteiger partial charge >= 0.3 is 0 Å². The Labute approximate surface area is 125 Å². The second kappa shape index (κ2) is 5.31. The molecule has 0 radical (unpaired) electrons. The molecule has 112 valence electrons. The Kier molecular flexibility index (Phi) is 3.31. The van der Waals surface area contributed by atoms with E-state index in [9.17, 15) is 0 Å². The number of likely N-dealkylation sites (tertiary alicyclic amines) is 2. The van der Waals surface area contributed by atoms with Gasteiger partial charge in [-0.3, -0.25) is 14.5 Å². The first-order valence-electron chi connectivity index (χ1n) is 7.76. The zero-order chi connectivity index (χ0) is 14.2. The monoisotopic (exact) mass is 286 g/mol. The van der Waals surface area contributed by atoms with Gasteiger partial charge in [-0.15, -0.1) is 0 Å². The van der Waals surface area contributed by atoms with Crippen molar-refractivity contribution in [3.63, 3.8) is 0 Å². The second-order valence-corrected chi connectivity index (χ2v) is 6.31. The molecule has 4 heterocycles. The van der Waals surface area contributed by atoms with Crippen molar-refractivity contribution in [2.75, 3.05) is 13.1 Å². The molecular weight excluding hydrogens is 264 g/mol. The van der Waals surface area contributed by atoms with E-state index < -0.39 is 0 Å². The van der Waals surface area contributed by atoms with E-state index in [2.05, 4.69) is 27.2 Å². The van der Waals surface area contributed by atoms with Crippen molar-refractivity contribution in [1.82, 2.24) is 19.6 Å². The van der Waals surface area contributed by atoms with Crippen LogP contribution in [0.5, 0.6) is 0 Å². The minimum atomic E-state index is 0.705. The summed E-state index contributed by atoms with van der Waals surface area (Å²) in [4.78, 5) is 5.26. The molecule has 2 aromatic heterocycles. The van der Waals surface area contributed by atoms with Crippen molar-refractivity contribution in [2.24, 2.45) is 7.05 Å². The standard InChI is InChI=1S/C16H22N4O/c1-18-9-14(8-17-18)11-20-6-3-15-16(20)2-5-19(15)10-13-4-7-21-12-13/h4,7-9,12,15-16H,2-3,5-6,10-11H2,1H3/t15-,16+/m1/s1. The van der Waals surface area contributed by atoms with Gasteiger partial charge < -0.3 is 4.42 Å². The first-order valence-corrected chi connectivity index (χ1v) is 7.76. The normalized spacial score (nSPS) is 26.5. The summed E-state index contributed by atoms with van der Waals surface area (Å²) in [6.45, 7) is 4.46. The maximum atomic E-state index is 5.19. The van der Waals surface area contributed by atoms with Crippen LogP contribution < -0.4 is 0 Å². The zero-order valence-corrected chi connectivity index (χ0v) is 12.5. The minimum absolute atomic E-state index is 0.705. The average Bonchev–Trinajstić information content (AvgIpc) is 3.20. The topological polar surface area (TPSA) is 37.4 Å². The molecule has 0 unspecified atom stereocenters. The average molecular weight is 286 g/mol. The summed E-state index contributed by atoms with van der Waals surface area (Å²) < 4.78 is 7.08. The van der Waals surface area contributed by atoms with Crippen molar-refractivity contribution in [1.29, 1.82) is 0 Å². The number of rotatable bonds is 4. The third kappa shape index (κ3) is 2.51. The van der Waals surface area contributed by atoms with Gasteiger partial charge in [0.15, 0.2) is 0 Å². The fraction of sp³-hybridized carbons (Fsp3) is 0.562. The van der Waals surface area contributed by atoms with Crippen LogP contribution in [0.25, 0.3) is 0 Å². The number of aromatic nitrogens is 2. The highest BCUT2D eigenvalue weighted by molar-refractivity contribution is 5.10. The SMILES string of the molecule is Cn1cc(CN2CC[C@@H]3[C@@H]2CCN3Cc2ccoc2)cn1. The number of hydrogen-bond acceptors (Lipinski definition) is 4. The number of aryl methyl sites for hydroxylation is 1. The van der Waals surface area contributed by atoms with Crippen LogP contribution in [0, 0.1) is 0 Å². The lowest BCUT2D eigenvalue weighted by Gasteiger charge is -2.25. The van der Waals surface area contributed by atoms with Gasteiger partial charge in [0.2, 0.25) is 0 Å². The minimum Gasteiger partial charge on any atom is -0.472 e. The predicted octanol–water partition coefficient (Wildman–Crippen LogP) is 1.86. The van der Waals surface area contributed by atoms with Crippen LogP contribution in [0.4, 0.5) is 0 Å².